The van der Waals surface area contributed by atoms with Gasteiger partial charge < -0.3 is 4.74 Å². The van der Waals surface area contributed by atoms with E-state index in [1.807, 2.05) is 5.43 Å². The lowest BCUT2D eigenvalue weighted by molar-refractivity contribution is -0.385. The highest BCUT2D eigenvalue weighted by Crippen LogP contribution is 2.34. The highest BCUT2D eigenvalue weighted by molar-refractivity contribution is 6.32. The zero-order valence-electron chi connectivity index (χ0n) is 7.97. The fraction of sp³-hybridized carbons (Fsp3) is 0.125. The number of nitrogens with two attached hydrogens (primary N) is 1. The maximum atomic E-state index is 10.8. The average molecular weight is 246 g/mol. The molecule has 3 N–H and O–H groups in total. The summed E-state index contributed by atoms with van der Waals surface area (Å²) in [6.45, 7) is -0.443. The predicted molar refractivity (Wildman–Crippen MR) is 55.9 cm³/mol. The number of nitrogens with zero attached hydrogens (tertiary/aromatic N) is 1. The molecule has 0 radical (unpaired) electrons. The molecule has 0 fully saturated rings. The highest BCUT2D eigenvalue weighted by Gasteiger charge is 2.18. The van der Waals surface area contributed by atoms with Crippen molar-refractivity contribution >= 4 is 23.2 Å². The van der Waals surface area contributed by atoms with E-state index in [0.717, 1.165) is 0 Å². The van der Waals surface area contributed by atoms with E-state index < -0.39 is 17.4 Å². The van der Waals surface area contributed by atoms with Crippen LogP contribution in [-0.4, -0.2) is 17.4 Å². The number of para-hydroxylation sites is 1. The Balaban J connectivity index is 2.93. The molecule has 0 aliphatic rings. The van der Waals surface area contributed by atoms with Crippen molar-refractivity contribution in [3.8, 4) is 5.75 Å². The molecule has 86 valence electrons. The van der Waals surface area contributed by atoms with Crippen LogP contribution in [0, 0.1) is 10.1 Å². The van der Waals surface area contributed by atoms with Crippen molar-refractivity contribution in [1.29, 1.82) is 0 Å². The van der Waals surface area contributed by atoms with Crippen LogP contribution in [0.15, 0.2) is 18.2 Å². The lowest BCUT2D eigenvalue weighted by Crippen LogP contribution is -2.34. The molecule has 0 unspecified atom stereocenters. The second-order valence-corrected chi connectivity index (χ2v) is 3.11. The Morgan fingerprint density at radius 1 is 1.62 bits per heavy atom. The first-order valence-electron chi connectivity index (χ1n) is 4.11. The maximum Gasteiger partial charge on any atom is 0.312 e. The number of rotatable bonds is 4. The van der Waals surface area contributed by atoms with E-state index >= 15 is 0 Å². The Kier molecular flexibility index (Phi) is 4.03. The Morgan fingerprint density at radius 3 is 2.88 bits per heavy atom. The molecular formula is C8H8ClN3O4. The van der Waals surface area contributed by atoms with Gasteiger partial charge in [0.05, 0.1) is 9.95 Å². The van der Waals surface area contributed by atoms with Gasteiger partial charge in [0, 0.05) is 6.07 Å². The molecule has 0 saturated heterocycles. The van der Waals surface area contributed by atoms with E-state index in [4.69, 9.17) is 22.2 Å². The minimum atomic E-state index is -0.651. The van der Waals surface area contributed by atoms with Gasteiger partial charge in [-0.2, -0.15) is 0 Å². The first-order valence-corrected chi connectivity index (χ1v) is 4.49. The number of nitrogens with one attached hydrogen (secondary N) is 1. The van der Waals surface area contributed by atoms with Crippen LogP contribution in [0.5, 0.6) is 5.75 Å². The molecule has 16 heavy (non-hydrogen) atoms. The van der Waals surface area contributed by atoms with Gasteiger partial charge in [-0.3, -0.25) is 20.3 Å². The quantitative estimate of drug-likeness (QED) is 0.350. The van der Waals surface area contributed by atoms with E-state index in [-0.39, 0.29) is 16.5 Å². The minimum Gasteiger partial charge on any atom is -0.476 e. The fourth-order valence-electron chi connectivity index (χ4n) is 0.964. The van der Waals surface area contributed by atoms with Gasteiger partial charge in [0.25, 0.3) is 5.91 Å². The van der Waals surface area contributed by atoms with E-state index in [9.17, 15) is 14.9 Å². The summed E-state index contributed by atoms with van der Waals surface area (Å²) >= 11 is 5.71. The Morgan fingerprint density at radius 2 is 2.31 bits per heavy atom. The van der Waals surface area contributed by atoms with Crippen LogP contribution in [0.1, 0.15) is 0 Å². The van der Waals surface area contributed by atoms with Crippen LogP contribution in [0.4, 0.5) is 5.69 Å². The molecule has 0 aliphatic carbocycles. The molecule has 0 spiro atoms. The van der Waals surface area contributed by atoms with Crippen molar-refractivity contribution in [2.45, 2.75) is 0 Å². The second-order valence-electron chi connectivity index (χ2n) is 2.70. The molecule has 0 heterocycles. The van der Waals surface area contributed by atoms with Crippen LogP contribution in [0.3, 0.4) is 0 Å². The molecule has 7 nitrogen and oxygen atoms in total. The lowest BCUT2D eigenvalue weighted by atomic mass is 10.3. The summed E-state index contributed by atoms with van der Waals surface area (Å²) in [5.41, 5.74) is 1.52. The standard InChI is InChI=1S/C8H8ClN3O4/c9-5-2-1-3-6(12(14)15)8(5)16-4-7(13)11-10/h1-3H,4,10H2,(H,11,13). The smallest absolute Gasteiger partial charge is 0.312 e. The third-order valence-electron chi connectivity index (χ3n) is 1.65. The highest BCUT2D eigenvalue weighted by atomic mass is 35.5. The predicted octanol–water partition coefficient (Wildman–Crippen LogP) is 0.617. The van der Waals surface area contributed by atoms with Gasteiger partial charge in [0.2, 0.25) is 5.75 Å². The van der Waals surface area contributed by atoms with Gasteiger partial charge in [-0.1, -0.05) is 17.7 Å². The lowest BCUT2D eigenvalue weighted by Gasteiger charge is -2.06. The van der Waals surface area contributed by atoms with Gasteiger partial charge in [-0.15, -0.1) is 0 Å². The van der Waals surface area contributed by atoms with Crippen molar-refractivity contribution in [2.75, 3.05) is 6.61 Å². The molecule has 1 aromatic carbocycles. The maximum absolute atomic E-state index is 10.8. The first kappa shape index (κ1) is 12.2. The van der Waals surface area contributed by atoms with Gasteiger partial charge >= 0.3 is 5.69 Å². The Bertz CT molecular complexity index is 424. The van der Waals surface area contributed by atoms with Crippen molar-refractivity contribution in [3.63, 3.8) is 0 Å². The molecule has 1 rings (SSSR count). The third-order valence-corrected chi connectivity index (χ3v) is 1.95. The summed E-state index contributed by atoms with van der Waals surface area (Å²) in [6.07, 6.45) is 0. The van der Waals surface area contributed by atoms with E-state index in [0.29, 0.717) is 0 Å². The largest absolute Gasteiger partial charge is 0.476 e. The van der Waals surface area contributed by atoms with Crippen molar-refractivity contribution in [3.05, 3.63) is 33.3 Å². The summed E-state index contributed by atoms with van der Waals surface area (Å²) in [5, 5.41) is 10.7. The molecule has 0 aromatic heterocycles. The number of hydrogen-bond acceptors (Lipinski definition) is 5. The summed E-state index contributed by atoms with van der Waals surface area (Å²) in [5.74, 6) is 4.05. The zero-order valence-corrected chi connectivity index (χ0v) is 8.73. The number of carbonyl (C=O) groups excluding carboxylic acids is 1. The number of benzene rings is 1. The van der Waals surface area contributed by atoms with Gasteiger partial charge in [-0.25, -0.2) is 5.84 Å². The van der Waals surface area contributed by atoms with Crippen molar-refractivity contribution in [2.24, 2.45) is 5.84 Å². The summed E-state index contributed by atoms with van der Waals surface area (Å²) in [7, 11) is 0. The van der Waals surface area contributed by atoms with Crippen LogP contribution < -0.4 is 16.0 Å². The molecule has 1 aromatic rings. The monoisotopic (exact) mass is 245 g/mol. The van der Waals surface area contributed by atoms with E-state index in [1.54, 1.807) is 0 Å². The summed E-state index contributed by atoms with van der Waals surface area (Å²) in [6, 6.07) is 4.06. The van der Waals surface area contributed by atoms with Crippen molar-refractivity contribution < 1.29 is 14.5 Å². The number of hydrazine groups is 1. The minimum absolute atomic E-state index is 0.0546. The van der Waals surface area contributed by atoms with Crippen LogP contribution in [0.2, 0.25) is 5.02 Å². The molecule has 8 heteroatoms. The molecule has 0 aliphatic heterocycles. The fourth-order valence-corrected chi connectivity index (χ4v) is 1.19. The van der Waals surface area contributed by atoms with Crippen LogP contribution in [-0.2, 0) is 4.79 Å². The van der Waals surface area contributed by atoms with Crippen LogP contribution in [0.25, 0.3) is 0 Å². The number of hydrogen-bond donors (Lipinski definition) is 2. The Labute approximate surface area is 95.3 Å². The molecule has 0 bridgehead atoms. The SMILES string of the molecule is NNC(=O)COc1c(Cl)cccc1[N+](=O)[O-]. The van der Waals surface area contributed by atoms with Gasteiger partial charge in [0.1, 0.15) is 0 Å². The number of amides is 1. The third kappa shape index (κ3) is 2.81. The first-order chi connectivity index (χ1) is 7.56. The van der Waals surface area contributed by atoms with E-state index in [1.165, 1.54) is 18.2 Å². The summed E-state index contributed by atoms with van der Waals surface area (Å²) < 4.78 is 4.92. The number of nitro groups is 1. The molecule has 0 saturated carbocycles. The topological polar surface area (TPSA) is 107 Å². The molecular weight excluding hydrogens is 238 g/mol. The summed E-state index contributed by atoms with van der Waals surface area (Å²) in [4.78, 5) is 20.8. The van der Waals surface area contributed by atoms with Crippen molar-refractivity contribution in [1.82, 2.24) is 5.43 Å². The number of nitro benzene ring substituents is 1. The number of ether oxygens (including phenoxy) is 1. The average Bonchev–Trinajstić information content (AvgIpc) is 2.26. The number of halogens is 1. The van der Waals surface area contributed by atoms with E-state index in [2.05, 4.69) is 0 Å². The van der Waals surface area contributed by atoms with Gasteiger partial charge in [0.15, 0.2) is 6.61 Å². The van der Waals surface area contributed by atoms with Crippen LogP contribution >= 0.6 is 11.6 Å². The normalized spacial score (nSPS) is 9.62. The zero-order chi connectivity index (χ0) is 12.1. The Hall–Kier alpha value is -1.86. The molecule has 1 amide bonds. The second kappa shape index (κ2) is 5.29. The van der Waals surface area contributed by atoms with Gasteiger partial charge in [-0.05, 0) is 6.07 Å². The molecule has 0 atom stereocenters. The number of carbonyl (C=O) groups is 1.